The van der Waals surface area contributed by atoms with E-state index in [-0.39, 0.29) is 11.7 Å². The molecule has 0 fully saturated rings. The highest BCUT2D eigenvalue weighted by atomic mass is 32.2. The summed E-state index contributed by atoms with van der Waals surface area (Å²) in [5.41, 5.74) is 6.08. The lowest BCUT2D eigenvalue weighted by Gasteiger charge is -2.29. The van der Waals surface area contributed by atoms with Crippen LogP contribution in [0.25, 0.3) is 22.4 Å². The molecule has 2 heterocycles. The van der Waals surface area contributed by atoms with Crippen molar-refractivity contribution in [3.63, 3.8) is 0 Å². The maximum Gasteiger partial charge on any atom is 0.237 e. The Hall–Kier alpha value is -4.08. The van der Waals surface area contributed by atoms with Gasteiger partial charge < -0.3 is 9.64 Å². The summed E-state index contributed by atoms with van der Waals surface area (Å²) >= 11 is 1.33. The first-order valence-electron chi connectivity index (χ1n) is 12.4. The van der Waals surface area contributed by atoms with Crippen LogP contribution in [0.4, 0.5) is 5.69 Å². The smallest absolute Gasteiger partial charge is 0.237 e. The summed E-state index contributed by atoms with van der Waals surface area (Å²) in [6.07, 6.45) is 1.93. The lowest BCUT2D eigenvalue weighted by atomic mass is 9.99. The van der Waals surface area contributed by atoms with E-state index in [2.05, 4.69) is 12.1 Å². The van der Waals surface area contributed by atoms with Crippen molar-refractivity contribution in [2.45, 2.75) is 24.8 Å². The van der Waals surface area contributed by atoms with Gasteiger partial charge in [0.1, 0.15) is 16.8 Å². The predicted molar refractivity (Wildman–Crippen MR) is 149 cm³/mol. The van der Waals surface area contributed by atoms with E-state index in [1.165, 1.54) is 17.3 Å². The van der Waals surface area contributed by atoms with E-state index < -0.39 is 0 Å². The van der Waals surface area contributed by atoms with Crippen molar-refractivity contribution in [1.82, 2.24) is 4.98 Å². The van der Waals surface area contributed by atoms with Gasteiger partial charge in [-0.25, -0.2) is 4.98 Å². The van der Waals surface area contributed by atoms with E-state index in [1.807, 2.05) is 90.7 Å². The van der Waals surface area contributed by atoms with Crippen LogP contribution < -0.4 is 9.64 Å². The summed E-state index contributed by atoms with van der Waals surface area (Å²) in [6.45, 7) is 3.26. The zero-order valence-corrected chi connectivity index (χ0v) is 21.5. The Morgan fingerprint density at radius 2 is 1.78 bits per heavy atom. The largest absolute Gasteiger partial charge is 0.494 e. The summed E-state index contributed by atoms with van der Waals surface area (Å²) in [5.74, 6) is 1.03. The van der Waals surface area contributed by atoms with Crippen LogP contribution in [-0.4, -0.2) is 29.8 Å². The summed E-state index contributed by atoms with van der Waals surface area (Å²) < 4.78 is 5.59. The van der Waals surface area contributed by atoms with Crippen LogP contribution in [0.5, 0.6) is 5.75 Å². The predicted octanol–water partition coefficient (Wildman–Crippen LogP) is 6.76. The van der Waals surface area contributed by atoms with Gasteiger partial charge >= 0.3 is 0 Å². The van der Waals surface area contributed by atoms with Gasteiger partial charge in [-0.05, 0) is 67.3 Å². The van der Waals surface area contributed by atoms with Crippen LogP contribution in [0.3, 0.4) is 0 Å². The van der Waals surface area contributed by atoms with E-state index >= 15 is 0 Å². The summed E-state index contributed by atoms with van der Waals surface area (Å²) in [6, 6.07) is 30.0. The Balaban J connectivity index is 1.49. The van der Waals surface area contributed by atoms with Crippen LogP contribution in [-0.2, 0) is 11.2 Å². The second-order valence-electron chi connectivity index (χ2n) is 8.74. The van der Waals surface area contributed by atoms with Crippen molar-refractivity contribution < 1.29 is 9.53 Å². The Bertz CT molecular complexity index is 1450. The molecule has 37 heavy (non-hydrogen) atoms. The first-order valence-corrected chi connectivity index (χ1v) is 13.4. The van der Waals surface area contributed by atoms with Crippen LogP contribution in [0.1, 0.15) is 24.5 Å². The Kier molecular flexibility index (Phi) is 7.53. The molecule has 4 aromatic rings. The zero-order chi connectivity index (χ0) is 25.6. The highest BCUT2D eigenvalue weighted by Crippen LogP contribution is 2.35. The third kappa shape index (κ3) is 5.37. The molecule has 6 heteroatoms. The van der Waals surface area contributed by atoms with Crippen molar-refractivity contribution in [2.75, 3.05) is 23.8 Å². The molecular formula is C31H27N3O2S. The number of anilines is 1. The lowest BCUT2D eigenvalue weighted by Crippen LogP contribution is -2.36. The minimum absolute atomic E-state index is 0.0237. The maximum absolute atomic E-state index is 13.3. The number of carbonyl (C=O) groups is 1. The molecule has 1 amide bonds. The normalized spacial score (nSPS) is 12.5. The summed E-state index contributed by atoms with van der Waals surface area (Å²) in [7, 11) is 0. The third-order valence-corrected chi connectivity index (χ3v) is 7.35. The number of para-hydroxylation sites is 1. The molecule has 1 aliphatic rings. The number of pyridine rings is 1. The monoisotopic (exact) mass is 505 g/mol. The number of aromatic nitrogens is 1. The van der Waals surface area contributed by atoms with Gasteiger partial charge in [0.2, 0.25) is 5.91 Å². The summed E-state index contributed by atoms with van der Waals surface area (Å²) in [5, 5.41) is 10.7. The van der Waals surface area contributed by atoms with E-state index in [9.17, 15) is 10.1 Å². The molecule has 5 rings (SSSR count). The average Bonchev–Trinajstić information content (AvgIpc) is 2.96. The van der Waals surface area contributed by atoms with Crippen molar-refractivity contribution >= 4 is 23.4 Å². The van der Waals surface area contributed by atoms with Crippen molar-refractivity contribution in [1.29, 1.82) is 5.26 Å². The van der Waals surface area contributed by atoms with Gasteiger partial charge in [-0.1, -0.05) is 60.3 Å². The molecule has 0 N–H and O–H groups in total. The number of aryl methyl sites for hydroxylation is 1. The number of nitrogens with zero attached hydrogens (tertiary/aromatic N) is 3. The standard InChI is InChI=1S/C31H27N3O2S/c1-2-36-25-16-14-23(15-17-25)28-19-26(22-9-4-3-5-10-22)27(20-32)31(33-28)37-21-30(35)34-18-8-12-24-11-6-7-13-29(24)34/h3-7,9-11,13-17,19H,2,8,12,18,21H2,1H3. The molecule has 5 nitrogen and oxygen atoms in total. The quantitative estimate of drug-likeness (QED) is 0.260. The van der Waals surface area contributed by atoms with E-state index in [0.717, 1.165) is 46.7 Å². The van der Waals surface area contributed by atoms with Crippen molar-refractivity contribution in [2.24, 2.45) is 0 Å². The third-order valence-electron chi connectivity index (χ3n) is 6.39. The number of benzene rings is 3. The van der Waals surface area contributed by atoms with Crippen molar-refractivity contribution in [3.8, 4) is 34.2 Å². The Labute approximate surface area is 221 Å². The number of carbonyl (C=O) groups excluding carboxylic acids is 1. The first-order chi connectivity index (χ1) is 18.2. The van der Waals surface area contributed by atoms with Crippen LogP contribution in [0.15, 0.2) is 90.0 Å². The fraction of sp³-hybridized carbons (Fsp3) is 0.194. The Morgan fingerprint density at radius 1 is 1.03 bits per heavy atom. The molecule has 0 saturated heterocycles. The summed E-state index contributed by atoms with van der Waals surface area (Å²) in [4.78, 5) is 20.1. The number of hydrogen-bond acceptors (Lipinski definition) is 5. The van der Waals surface area contributed by atoms with Crippen LogP contribution >= 0.6 is 11.8 Å². The van der Waals surface area contributed by atoms with Crippen LogP contribution in [0.2, 0.25) is 0 Å². The highest BCUT2D eigenvalue weighted by molar-refractivity contribution is 8.00. The lowest BCUT2D eigenvalue weighted by molar-refractivity contribution is -0.116. The molecule has 0 unspecified atom stereocenters. The van der Waals surface area contributed by atoms with E-state index in [4.69, 9.17) is 9.72 Å². The SMILES string of the molecule is CCOc1ccc(-c2cc(-c3ccccc3)c(C#N)c(SCC(=O)N3CCCc4ccccc43)n2)cc1. The van der Waals surface area contributed by atoms with Gasteiger partial charge in [0.15, 0.2) is 0 Å². The molecule has 0 spiro atoms. The highest BCUT2D eigenvalue weighted by Gasteiger charge is 2.23. The number of rotatable bonds is 7. The number of fused-ring (bicyclic) bond motifs is 1. The molecule has 3 aromatic carbocycles. The first kappa shape index (κ1) is 24.6. The number of ether oxygens (including phenoxy) is 1. The minimum atomic E-state index is 0.0237. The average molecular weight is 506 g/mol. The van der Waals surface area contributed by atoms with Gasteiger partial charge in [-0.15, -0.1) is 0 Å². The Morgan fingerprint density at radius 3 is 2.54 bits per heavy atom. The molecule has 1 aromatic heterocycles. The molecule has 0 radical (unpaired) electrons. The van der Waals surface area contributed by atoms with Gasteiger partial charge in [-0.3, -0.25) is 4.79 Å². The second kappa shape index (κ2) is 11.3. The topological polar surface area (TPSA) is 66.2 Å². The van der Waals surface area contributed by atoms with Gasteiger partial charge in [-0.2, -0.15) is 5.26 Å². The number of amides is 1. The van der Waals surface area contributed by atoms with E-state index in [1.54, 1.807) is 0 Å². The van der Waals surface area contributed by atoms with E-state index in [0.29, 0.717) is 23.7 Å². The molecular weight excluding hydrogens is 478 g/mol. The molecule has 1 aliphatic heterocycles. The second-order valence-corrected chi connectivity index (χ2v) is 9.70. The van der Waals surface area contributed by atoms with Crippen molar-refractivity contribution in [3.05, 3.63) is 96.1 Å². The number of nitriles is 1. The molecule has 0 bridgehead atoms. The molecule has 0 aliphatic carbocycles. The van der Waals surface area contributed by atoms with Gasteiger partial charge in [0, 0.05) is 23.4 Å². The fourth-order valence-corrected chi connectivity index (χ4v) is 5.50. The van der Waals surface area contributed by atoms with Crippen LogP contribution in [0, 0.1) is 11.3 Å². The molecule has 184 valence electrons. The zero-order valence-electron chi connectivity index (χ0n) is 20.7. The number of hydrogen-bond donors (Lipinski definition) is 0. The fourth-order valence-electron chi connectivity index (χ4n) is 4.62. The molecule has 0 atom stereocenters. The maximum atomic E-state index is 13.3. The van der Waals surface area contributed by atoms with Gasteiger partial charge in [0.25, 0.3) is 0 Å². The molecule has 0 saturated carbocycles. The minimum Gasteiger partial charge on any atom is -0.494 e. The van der Waals surface area contributed by atoms with Gasteiger partial charge in [0.05, 0.1) is 23.6 Å². The number of thioether (sulfide) groups is 1.